The summed E-state index contributed by atoms with van der Waals surface area (Å²) in [6.07, 6.45) is -0.975. The van der Waals surface area contributed by atoms with Crippen LogP contribution in [0.4, 0.5) is 13.2 Å². The number of ether oxygens (including phenoxy) is 1. The van der Waals surface area contributed by atoms with Gasteiger partial charge in [-0.15, -0.1) is 0 Å². The Morgan fingerprint density at radius 3 is 2.40 bits per heavy atom. The van der Waals surface area contributed by atoms with Crippen molar-refractivity contribution in [3.8, 4) is 0 Å². The third kappa shape index (κ3) is 3.54. The number of carbonyl (C=O) groups is 1. The third-order valence-corrected chi connectivity index (χ3v) is 5.07. The van der Waals surface area contributed by atoms with Gasteiger partial charge in [0, 0.05) is 24.8 Å². The first kappa shape index (κ1) is 19.8. The summed E-state index contributed by atoms with van der Waals surface area (Å²) in [5.74, 6) is -1.00. The zero-order chi connectivity index (χ0) is 18.7. The van der Waals surface area contributed by atoms with Crippen molar-refractivity contribution >= 4 is 5.91 Å². The highest BCUT2D eigenvalue weighted by Crippen LogP contribution is 2.45. The number of methoxy groups -OCH3 is 1. The number of halogens is 3. The largest absolute Gasteiger partial charge is 0.430 e. The number of rotatable bonds is 5. The van der Waals surface area contributed by atoms with Gasteiger partial charge >= 0.3 is 6.18 Å². The van der Waals surface area contributed by atoms with Gasteiger partial charge in [-0.05, 0) is 32.6 Å². The first-order valence-electron chi connectivity index (χ1n) is 8.79. The Morgan fingerprint density at radius 2 is 1.88 bits per heavy atom. The molecule has 0 N–H and O–H groups in total. The van der Waals surface area contributed by atoms with Crippen molar-refractivity contribution in [3.05, 3.63) is 35.9 Å². The second-order valence-corrected chi connectivity index (χ2v) is 6.68. The topological polar surface area (TPSA) is 29.5 Å². The molecule has 1 fully saturated rings. The minimum Gasteiger partial charge on any atom is -0.356 e. The van der Waals surface area contributed by atoms with E-state index in [4.69, 9.17) is 4.74 Å². The average molecular weight is 357 g/mol. The Bertz CT molecular complexity index is 574. The SMILES string of the molecule is CCC[C@@H]1CCC[C@@H](C)N1C(=O)[C@@](OC)(c1ccccc1)C(F)(F)F. The summed E-state index contributed by atoms with van der Waals surface area (Å²) in [7, 11) is 0.960. The van der Waals surface area contributed by atoms with Gasteiger partial charge in [0.1, 0.15) is 0 Å². The maximum atomic E-state index is 14.1. The Hall–Kier alpha value is -1.56. The average Bonchev–Trinajstić information content (AvgIpc) is 2.56. The van der Waals surface area contributed by atoms with Gasteiger partial charge in [-0.25, -0.2) is 0 Å². The van der Waals surface area contributed by atoms with E-state index < -0.39 is 17.7 Å². The highest BCUT2D eigenvalue weighted by Gasteiger charge is 2.64. The zero-order valence-corrected chi connectivity index (χ0v) is 15.0. The fraction of sp³-hybridized carbons (Fsp3) is 0.632. The molecule has 0 saturated carbocycles. The van der Waals surface area contributed by atoms with E-state index in [0.29, 0.717) is 12.8 Å². The van der Waals surface area contributed by atoms with Crippen LogP contribution in [0.2, 0.25) is 0 Å². The van der Waals surface area contributed by atoms with Crippen LogP contribution in [0.15, 0.2) is 30.3 Å². The maximum Gasteiger partial charge on any atom is 0.430 e. The van der Waals surface area contributed by atoms with E-state index >= 15 is 0 Å². The number of nitrogens with zero attached hydrogens (tertiary/aromatic N) is 1. The maximum absolute atomic E-state index is 14.1. The predicted molar refractivity (Wildman–Crippen MR) is 90.0 cm³/mol. The second-order valence-electron chi connectivity index (χ2n) is 6.68. The van der Waals surface area contributed by atoms with Gasteiger partial charge in [0.15, 0.2) is 0 Å². The third-order valence-electron chi connectivity index (χ3n) is 5.07. The van der Waals surface area contributed by atoms with Gasteiger partial charge in [-0.1, -0.05) is 43.7 Å². The Morgan fingerprint density at radius 1 is 1.24 bits per heavy atom. The van der Waals surface area contributed by atoms with E-state index in [1.807, 2.05) is 13.8 Å². The highest BCUT2D eigenvalue weighted by molar-refractivity contribution is 5.88. The van der Waals surface area contributed by atoms with Crippen LogP contribution in [0.1, 0.15) is 51.5 Å². The lowest BCUT2D eigenvalue weighted by Gasteiger charge is -2.46. The van der Waals surface area contributed by atoms with Gasteiger partial charge in [-0.3, -0.25) is 4.79 Å². The molecule has 25 heavy (non-hydrogen) atoms. The summed E-state index contributed by atoms with van der Waals surface area (Å²) >= 11 is 0. The highest BCUT2D eigenvalue weighted by atomic mass is 19.4. The summed E-state index contributed by atoms with van der Waals surface area (Å²) in [4.78, 5) is 14.7. The molecular formula is C19H26F3NO2. The lowest BCUT2D eigenvalue weighted by atomic mass is 9.86. The van der Waals surface area contributed by atoms with Crippen LogP contribution in [0.25, 0.3) is 0 Å². The van der Waals surface area contributed by atoms with E-state index in [1.54, 1.807) is 6.07 Å². The zero-order valence-electron chi connectivity index (χ0n) is 15.0. The molecule has 0 radical (unpaired) electrons. The van der Waals surface area contributed by atoms with Crippen LogP contribution in [0, 0.1) is 0 Å². The summed E-state index contributed by atoms with van der Waals surface area (Å²) in [5.41, 5.74) is -3.14. The van der Waals surface area contributed by atoms with Crippen LogP contribution < -0.4 is 0 Å². The molecule has 6 heteroatoms. The van der Waals surface area contributed by atoms with E-state index in [9.17, 15) is 18.0 Å². The Balaban J connectivity index is 2.55. The van der Waals surface area contributed by atoms with Gasteiger partial charge in [0.25, 0.3) is 11.5 Å². The lowest BCUT2D eigenvalue weighted by Crippen LogP contribution is -2.61. The van der Waals surface area contributed by atoms with E-state index in [1.165, 1.54) is 29.2 Å². The normalized spacial score (nSPS) is 24.0. The number of piperidine rings is 1. The van der Waals surface area contributed by atoms with Crippen LogP contribution >= 0.6 is 0 Å². The minimum absolute atomic E-state index is 0.178. The van der Waals surface area contributed by atoms with E-state index in [2.05, 4.69) is 0 Å². The molecule has 3 atom stereocenters. The van der Waals surface area contributed by atoms with Crippen molar-refractivity contribution in [1.29, 1.82) is 0 Å². The molecule has 3 nitrogen and oxygen atoms in total. The molecule has 0 aliphatic carbocycles. The fourth-order valence-electron chi connectivity index (χ4n) is 3.85. The quantitative estimate of drug-likeness (QED) is 0.767. The minimum atomic E-state index is -4.85. The number of likely N-dealkylation sites (tertiary alicyclic amines) is 1. The fourth-order valence-corrected chi connectivity index (χ4v) is 3.85. The summed E-state index contributed by atoms with van der Waals surface area (Å²) in [6, 6.07) is 6.79. The van der Waals surface area contributed by atoms with Gasteiger partial charge < -0.3 is 9.64 Å². The molecule has 0 unspecified atom stereocenters. The molecule has 1 amide bonds. The summed E-state index contributed by atoms with van der Waals surface area (Å²) in [6.45, 7) is 3.80. The van der Waals surface area contributed by atoms with Gasteiger partial charge in [-0.2, -0.15) is 13.2 Å². The first-order valence-corrected chi connectivity index (χ1v) is 8.79. The molecule has 1 aliphatic rings. The number of alkyl halides is 3. The molecule has 1 heterocycles. The van der Waals surface area contributed by atoms with Crippen LogP contribution in [-0.2, 0) is 15.1 Å². The van der Waals surface area contributed by atoms with Crippen molar-refractivity contribution in [1.82, 2.24) is 4.90 Å². The molecular weight excluding hydrogens is 331 g/mol. The molecule has 1 aromatic rings. The molecule has 0 spiro atoms. The number of hydrogen-bond donors (Lipinski definition) is 0. The molecule has 140 valence electrons. The monoisotopic (exact) mass is 357 g/mol. The Labute approximate surface area is 147 Å². The van der Waals surface area contributed by atoms with Crippen molar-refractivity contribution < 1.29 is 22.7 Å². The van der Waals surface area contributed by atoms with Crippen molar-refractivity contribution in [2.24, 2.45) is 0 Å². The van der Waals surface area contributed by atoms with E-state index in [-0.39, 0.29) is 17.6 Å². The molecule has 0 bridgehead atoms. The predicted octanol–water partition coefficient (Wildman–Crippen LogP) is 4.66. The second kappa shape index (κ2) is 7.77. The van der Waals surface area contributed by atoms with Gasteiger partial charge in [0.05, 0.1) is 0 Å². The summed E-state index contributed by atoms with van der Waals surface area (Å²) < 4.78 is 47.4. The van der Waals surface area contributed by atoms with Crippen LogP contribution in [0.3, 0.4) is 0 Å². The Kier molecular flexibility index (Phi) is 6.14. The van der Waals surface area contributed by atoms with Crippen molar-refractivity contribution in [2.75, 3.05) is 7.11 Å². The molecule has 1 aliphatic heterocycles. The van der Waals surface area contributed by atoms with Gasteiger partial charge in [0.2, 0.25) is 0 Å². The number of carbonyl (C=O) groups excluding carboxylic acids is 1. The number of hydrogen-bond acceptors (Lipinski definition) is 2. The number of amides is 1. The molecule has 2 rings (SSSR count). The van der Waals surface area contributed by atoms with Crippen LogP contribution in [0.5, 0.6) is 0 Å². The smallest absolute Gasteiger partial charge is 0.356 e. The first-order chi connectivity index (χ1) is 11.8. The summed E-state index contributed by atoms with van der Waals surface area (Å²) in [5, 5.41) is 0. The number of benzene rings is 1. The van der Waals surface area contributed by atoms with Crippen molar-refractivity contribution in [2.45, 2.75) is 69.8 Å². The molecule has 1 saturated heterocycles. The molecule has 0 aromatic heterocycles. The standard InChI is InChI=1S/C19H26F3NO2/c1-4-9-16-13-8-10-14(2)23(16)17(24)18(25-3,19(20,21)22)15-11-6-5-7-12-15/h5-7,11-12,14,16H,4,8-10,13H2,1-3H3/t14-,16-,18+/m1/s1. The molecule has 1 aromatic carbocycles. The van der Waals surface area contributed by atoms with Crippen molar-refractivity contribution in [3.63, 3.8) is 0 Å². The van der Waals surface area contributed by atoms with E-state index in [0.717, 1.165) is 26.4 Å². The lowest BCUT2D eigenvalue weighted by molar-refractivity contribution is -0.272. The van der Waals surface area contributed by atoms with Crippen LogP contribution in [-0.4, -0.2) is 36.2 Å².